The molecule has 0 aromatic heterocycles. The molecule has 100 valence electrons. The first-order chi connectivity index (χ1) is 9.22. The lowest BCUT2D eigenvalue weighted by Gasteiger charge is -2.24. The lowest BCUT2D eigenvalue weighted by Crippen LogP contribution is -2.31. The molecule has 4 heteroatoms. The van der Waals surface area contributed by atoms with Gasteiger partial charge in [0, 0.05) is 6.54 Å². The van der Waals surface area contributed by atoms with Crippen LogP contribution in [0.25, 0.3) is 0 Å². The third-order valence-corrected chi connectivity index (χ3v) is 3.46. The Kier molecular flexibility index (Phi) is 4.96. The molecule has 0 heterocycles. The number of rotatable bonds is 5. The van der Waals surface area contributed by atoms with Crippen molar-refractivity contribution in [2.75, 3.05) is 6.54 Å². The predicted octanol–water partition coefficient (Wildman–Crippen LogP) is 2.89. The number of ether oxygens (including phenoxy) is 1. The van der Waals surface area contributed by atoms with E-state index in [-0.39, 0.29) is 6.54 Å². The third kappa shape index (κ3) is 3.56. The highest BCUT2D eigenvalue weighted by molar-refractivity contribution is 9.10. The molecule has 0 aliphatic carbocycles. The van der Waals surface area contributed by atoms with E-state index < -0.39 is 12.2 Å². The van der Waals surface area contributed by atoms with Gasteiger partial charge in [-0.3, -0.25) is 0 Å². The Balaban J connectivity index is 2.27. The van der Waals surface area contributed by atoms with E-state index in [1.54, 1.807) is 0 Å². The van der Waals surface area contributed by atoms with E-state index in [9.17, 15) is 5.11 Å². The maximum atomic E-state index is 10.1. The zero-order valence-corrected chi connectivity index (χ0v) is 12.0. The van der Waals surface area contributed by atoms with Crippen LogP contribution in [-0.4, -0.2) is 17.8 Å². The summed E-state index contributed by atoms with van der Waals surface area (Å²) in [6, 6.07) is 17.1. The molecule has 2 rings (SSSR count). The SMILES string of the molecule is NC[C@@H](O)[C@H](Oc1ccccc1Br)c1ccccc1. The summed E-state index contributed by atoms with van der Waals surface area (Å²) in [5.41, 5.74) is 6.46. The standard InChI is InChI=1S/C15H16BrNO2/c16-12-8-4-5-9-14(12)19-15(13(18)10-17)11-6-2-1-3-7-11/h1-9,13,15,18H,10,17H2/t13-,15-/m1/s1. The molecule has 0 aliphatic heterocycles. The van der Waals surface area contributed by atoms with Crippen LogP contribution < -0.4 is 10.5 Å². The Hall–Kier alpha value is -1.36. The smallest absolute Gasteiger partial charge is 0.151 e. The highest BCUT2D eigenvalue weighted by Gasteiger charge is 2.22. The molecule has 2 atom stereocenters. The normalized spacial score (nSPS) is 13.8. The van der Waals surface area contributed by atoms with E-state index in [4.69, 9.17) is 10.5 Å². The number of halogens is 1. The van der Waals surface area contributed by atoms with E-state index in [1.807, 2.05) is 54.6 Å². The van der Waals surface area contributed by atoms with E-state index >= 15 is 0 Å². The zero-order chi connectivity index (χ0) is 13.7. The van der Waals surface area contributed by atoms with Crippen molar-refractivity contribution >= 4 is 15.9 Å². The highest BCUT2D eigenvalue weighted by atomic mass is 79.9. The van der Waals surface area contributed by atoms with Gasteiger partial charge in [0.2, 0.25) is 0 Å². The first kappa shape index (κ1) is 14.1. The van der Waals surface area contributed by atoms with Gasteiger partial charge in [-0.2, -0.15) is 0 Å². The zero-order valence-electron chi connectivity index (χ0n) is 10.4. The van der Waals surface area contributed by atoms with Crippen molar-refractivity contribution in [2.45, 2.75) is 12.2 Å². The van der Waals surface area contributed by atoms with Crippen molar-refractivity contribution in [3.63, 3.8) is 0 Å². The minimum atomic E-state index is -0.755. The van der Waals surface area contributed by atoms with E-state index in [1.165, 1.54) is 0 Å². The number of hydrogen-bond donors (Lipinski definition) is 2. The van der Waals surface area contributed by atoms with Gasteiger partial charge in [-0.1, -0.05) is 42.5 Å². The van der Waals surface area contributed by atoms with Crippen molar-refractivity contribution < 1.29 is 9.84 Å². The third-order valence-electron chi connectivity index (χ3n) is 2.81. The number of para-hydroxylation sites is 1. The summed E-state index contributed by atoms with van der Waals surface area (Å²) in [6.45, 7) is 0.143. The Morgan fingerprint density at radius 1 is 1.05 bits per heavy atom. The highest BCUT2D eigenvalue weighted by Crippen LogP contribution is 2.30. The molecule has 0 amide bonds. The molecule has 0 radical (unpaired) electrons. The second-order valence-corrected chi connectivity index (χ2v) is 5.04. The molecule has 0 fully saturated rings. The summed E-state index contributed by atoms with van der Waals surface area (Å²) >= 11 is 3.43. The van der Waals surface area contributed by atoms with Gasteiger partial charge in [-0.05, 0) is 33.6 Å². The fourth-order valence-electron chi connectivity index (χ4n) is 1.81. The molecule has 0 unspecified atom stereocenters. The summed E-state index contributed by atoms with van der Waals surface area (Å²) in [5, 5.41) is 10.1. The molecule has 2 aromatic rings. The van der Waals surface area contributed by atoms with Crippen LogP contribution >= 0.6 is 15.9 Å². The summed E-state index contributed by atoms with van der Waals surface area (Å²) in [7, 11) is 0. The summed E-state index contributed by atoms with van der Waals surface area (Å²) in [4.78, 5) is 0. The van der Waals surface area contributed by atoms with Crippen molar-refractivity contribution in [1.29, 1.82) is 0 Å². The average Bonchev–Trinajstić information content (AvgIpc) is 2.46. The van der Waals surface area contributed by atoms with Gasteiger partial charge in [0.25, 0.3) is 0 Å². The second kappa shape index (κ2) is 6.70. The Morgan fingerprint density at radius 3 is 2.32 bits per heavy atom. The largest absolute Gasteiger partial charge is 0.482 e. The summed E-state index contributed by atoms with van der Waals surface area (Å²) in [6.07, 6.45) is -1.24. The number of nitrogens with two attached hydrogens (primary N) is 1. The van der Waals surface area contributed by atoms with Gasteiger partial charge in [-0.25, -0.2) is 0 Å². The van der Waals surface area contributed by atoms with Crippen molar-refractivity contribution in [1.82, 2.24) is 0 Å². The summed E-state index contributed by atoms with van der Waals surface area (Å²) in [5.74, 6) is 0.684. The molecule has 3 nitrogen and oxygen atoms in total. The number of aliphatic hydroxyl groups excluding tert-OH is 1. The van der Waals surface area contributed by atoms with Crippen LogP contribution in [0, 0.1) is 0 Å². The Labute approximate surface area is 121 Å². The lowest BCUT2D eigenvalue weighted by atomic mass is 10.0. The van der Waals surface area contributed by atoms with E-state index in [0.29, 0.717) is 5.75 Å². The number of hydrogen-bond acceptors (Lipinski definition) is 3. The quantitative estimate of drug-likeness (QED) is 0.890. The van der Waals surface area contributed by atoms with Gasteiger partial charge in [0.1, 0.15) is 11.9 Å². The molecule has 3 N–H and O–H groups in total. The number of benzene rings is 2. The van der Waals surface area contributed by atoms with Crippen LogP contribution in [0.1, 0.15) is 11.7 Å². The minimum Gasteiger partial charge on any atom is -0.482 e. The Morgan fingerprint density at radius 2 is 1.68 bits per heavy atom. The van der Waals surface area contributed by atoms with Gasteiger partial charge in [0.15, 0.2) is 6.10 Å². The van der Waals surface area contributed by atoms with Crippen molar-refractivity contribution in [3.05, 3.63) is 64.6 Å². The fraction of sp³-hybridized carbons (Fsp3) is 0.200. The van der Waals surface area contributed by atoms with Gasteiger partial charge in [0.05, 0.1) is 4.47 Å². The monoisotopic (exact) mass is 321 g/mol. The van der Waals surface area contributed by atoms with Crippen LogP contribution in [-0.2, 0) is 0 Å². The summed E-state index contributed by atoms with van der Waals surface area (Å²) < 4.78 is 6.75. The maximum Gasteiger partial charge on any atom is 0.151 e. The average molecular weight is 322 g/mol. The molecule has 0 aliphatic rings. The molecule has 0 bridgehead atoms. The van der Waals surface area contributed by atoms with E-state index in [2.05, 4.69) is 15.9 Å². The van der Waals surface area contributed by atoms with Gasteiger partial charge < -0.3 is 15.6 Å². The van der Waals surface area contributed by atoms with Crippen LogP contribution in [0.15, 0.2) is 59.1 Å². The molecule has 0 saturated heterocycles. The topological polar surface area (TPSA) is 55.5 Å². The van der Waals surface area contributed by atoms with Crippen molar-refractivity contribution in [3.8, 4) is 5.75 Å². The molecular formula is C15H16BrNO2. The van der Waals surface area contributed by atoms with Crippen LogP contribution in [0.5, 0.6) is 5.75 Å². The molecule has 0 spiro atoms. The second-order valence-electron chi connectivity index (χ2n) is 4.18. The molecule has 0 saturated carbocycles. The first-order valence-corrected chi connectivity index (χ1v) is 6.86. The van der Waals surface area contributed by atoms with Gasteiger partial charge in [-0.15, -0.1) is 0 Å². The minimum absolute atomic E-state index is 0.143. The molecule has 19 heavy (non-hydrogen) atoms. The van der Waals surface area contributed by atoms with Crippen LogP contribution in [0.4, 0.5) is 0 Å². The maximum absolute atomic E-state index is 10.1. The van der Waals surface area contributed by atoms with Gasteiger partial charge >= 0.3 is 0 Å². The Bertz CT molecular complexity index is 519. The van der Waals surface area contributed by atoms with Crippen molar-refractivity contribution in [2.24, 2.45) is 5.73 Å². The molecular weight excluding hydrogens is 306 g/mol. The lowest BCUT2D eigenvalue weighted by molar-refractivity contribution is 0.0409. The predicted molar refractivity (Wildman–Crippen MR) is 79.0 cm³/mol. The molecule has 2 aromatic carbocycles. The van der Waals surface area contributed by atoms with E-state index in [0.717, 1.165) is 10.0 Å². The van der Waals surface area contributed by atoms with Crippen LogP contribution in [0.2, 0.25) is 0 Å². The number of aliphatic hydroxyl groups is 1. The fourth-order valence-corrected chi connectivity index (χ4v) is 2.19. The van der Waals surface area contributed by atoms with Crippen LogP contribution in [0.3, 0.4) is 0 Å². The first-order valence-electron chi connectivity index (χ1n) is 6.06.